The van der Waals surface area contributed by atoms with E-state index >= 15 is 0 Å². The highest BCUT2D eigenvalue weighted by Crippen LogP contribution is 2.32. The topological polar surface area (TPSA) is 54.0 Å². The van der Waals surface area contributed by atoms with Gasteiger partial charge in [0.2, 0.25) is 5.91 Å². The van der Waals surface area contributed by atoms with Crippen molar-refractivity contribution >= 4 is 23.2 Å². The predicted molar refractivity (Wildman–Crippen MR) is 116 cm³/mol. The summed E-state index contributed by atoms with van der Waals surface area (Å²) in [5.41, 5.74) is 0.549. The van der Waals surface area contributed by atoms with Crippen LogP contribution in [0.5, 0.6) is 17.2 Å². The van der Waals surface area contributed by atoms with Crippen LogP contribution in [0, 0.1) is 0 Å². The van der Waals surface area contributed by atoms with Crippen molar-refractivity contribution in [2.75, 3.05) is 45.7 Å². The summed E-state index contributed by atoms with van der Waals surface area (Å²) in [5.74, 6) is 1.87. The maximum atomic E-state index is 12.6. The Labute approximate surface area is 177 Å². The highest BCUT2D eigenvalue weighted by atomic mass is 35.5. The summed E-state index contributed by atoms with van der Waals surface area (Å²) in [5, 5.41) is 3.47. The van der Waals surface area contributed by atoms with Crippen LogP contribution in [0.1, 0.15) is 13.3 Å². The maximum Gasteiger partial charge on any atom is 0.238 e. The molecule has 0 bridgehead atoms. The summed E-state index contributed by atoms with van der Waals surface area (Å²) >= 11 is 6.14. The van der Waals surface area contributed by atoms with Gasteiger partial charge >= 0.3 is 0 Å². The average Bonchev–Trinajstić information content (AvgIpc) is 3.12. The molecule has 0 spiro atoms. The van der Waals surface area contributed by atoms with Crippen LogP contribution in [-0.4, -0.2) is 62.1 Å². The number of amides is 1. The third-order valence-corrected chi connectivity index (χ3v) is 5.20. The third-order valence-electron chi connectivity index (χ3n) is 4.96. The molecule has 1 unspecified atom stereocenters. The van der Waals surface area contributed by atoms with Gasteiger partial charge in [-0.2, -0.15) is 0 Å². The molecular formula is C22H28ClN3O3. The molecule has 7 heteroatoms. The molecule has 1 heterocycles. The lowest BCUT2D eigenvalue weighted by Crippen LogP contribution is -2.39. The quantitative estimate of drug-likeness (QED) is 0.700. The van der Waals surface area contributed by atoms with Crippen molar-refractivity contribution in [1.29, 1.82) is 0 Å². The SMILES string of the molecule is CCOc1ccc(Oc2ccc(Cl)cc2NC(=O)CN(C)C2CCN(C)C2)cc1. The Morgan fingerprint density at radius 1 is 1.24 bits per heavy atom. The van der Waals surface area contributed by atoms with Crippen molar-refractivity contribution in [2.45, 2.75) is 19.4 Å². The number of anilines is 1. The van der Waals surface area contributed by atoms with Crippen LogP contribution < -0.4 is 14.8 Å². The minimum Gasteiger partial charge on any atom is -0.494 e. The second kappa shape index (κ2) is 9.96. The van der Waals surface area contributed by atoms with Gasteiger partial charge in [-0.05, 0) is 76.4 Å². The summed E-state index contributed by atoms with van der Waals surface area (Å²) in [7, 11) is 4.09. The van der Waals surface area contributed by atoms with Gasteiger partial charge in [0.15, 0.2) is 5.75 Å². The van der Waals surface area contributed by atoms with Crippen molar-refractivity contribution in [2.24, 2.45) is 0 Å². The fourth-order valence-corrected chi connectivity index (χ4v) is 3.58. The van der Waals surface area contributed by atoms with E-state index in [1.165, 1.54) is 0 Å². The molecule has 0 aliphatic carbocycles. The van der Waals surface area contributed by atoms with Gasteiger partial charge in [0.05, 0.1) is 18.8 Å². The fourth-order valence-electron chi connectivity index (χ4n) is 3.40. The molecule has 29 heavy (non-hydrogen) atoms. The highest BCUT2D eigenvalue weighted by Gasteiger charge is 2.24. The number of nitrogens with zero attached hydrogens (tertiary/aromatic N) is 2. The number of benzene rings is 2. The Bertz CT molecular complexity index is 829. The molecule has 156 valence electrons. The van der Waals surface area contributed by atoms with Gasteiger partial charge in [0.1, 0.15) is 11.5 Å². The molecule has 6 nitrogen and oxygen atoms in total. The molecule has 2 aromatic carbocycles. The molecule has 1 N–H and O–H groups in total. The van der Waals surface area contributed by atoms with Crippen LogP contribution in [-0.2, 0) is 4.79 Å². The van der Waals surface area contributed by atoms with E-state index in [1.807, 2.05) is 38.2 Å². The lowest BCUT2D eigenvalue weighted by molar-refractivity contribution is -0.117. The van der Waals surface area contributed by atoms with Gasteiger partial charge in [-0.25, -0.2) is 0 Å². The standard InChI is InChI=1S/C22H28ClN3O3/c1-4-28-18-6-8-19(9-7-18)29-21-10-5-16(23)13-20(21)24-22(27)15-26(3)17-11-12-25(2)14-17/h5-10,13,17H,4,11-12,14-15H2,1-3H3,(H,24,27). The zero-order valence-corrected chi connectivity index (χ0v) is 17.9. The Morgan fingerprint density at radius 3 is 2.62 bits per heavy atom. The van der Waals surface area contributed by atoms with Crippen LogP contribution in [0.2, 0.25) is 5.02 Å². The minimum atomic E-state index is -0.0964. The van der Waals surface area contributed by atoms with Crippen molar-refractivity contribution in [3.05, 3.63) is 47.5 Å². The van der Waals surface area contributed by atoms with Crippen molar-refractivity contribution in [1.82, 2.24) is 9.80 Å². The van der Waals surface area contributed by atoms with Crippen molar-refractivity contribution in [3.63, 3.8) is 0 Å². The Hall–Kier alpha value is -2.28. The summed E-state index contributed by atoms with van der Waals surface area (Å²) in [6.07, 6.45) is 1.07. The summed E-state index contributed by atoms with van der Waals surface area (Å²) in [6.45, 7) is 4.90. The average molecular weight is 418 g/mol. The van der Waals surface area contributed by atoms with E-state index in [4.69, 9.17) is 21.1 Å². The van der Waals surface area contributed by atoms with Gasteiger partial charge in [0.25, 0.3) is 0 Å². The number of hydrogen-bond donors (Lipinski definition) is 1. The van der Waals surface area contributed by atoms with E-state index < -0.39 is 0 Å². The molecule has 2 aromatic rings. The van der Waals surface area contributed by atoms with Crippen LogP contribution in [0.4, 0.5) is 5.69 Å². The van der Waals surface area contributed by atoms with E-state index in [1.54, 1.807) is 18.2 Å². The number of rotatable bonds is 8. The fraction of sp³-hybridized carbons (Fsp3) is 0.409. The Balaban J connectivity index is 1.65. The molecule has 1 aliphatic heterocycles. The zero-order valence-electron chi connectivity index (χ0n) is 17.2. The number of hydrogen-bond acceptors (Lipinski definition) is 5. The maximum absolute atomic E-state index is 12.6. The first-order valence-corrected chi connectivity index (χ1v) is 10.2. The largest absolute Gasteiger partial charge is 0.494 e. The smallest absolute Gasteiger partial charge is 0.238 e. The van der Waals surface area contributed by atoms with Gasteiger partial charge in [-0.1, -0.05) is 11.6 Å². The lowest BCUT2D eigenvalue weighted by atomic mass is 10.2. The van der Waals surface area contributed by atoms with E-state index in [0.29, 0.717) is 41.4 Å². The number of likely N-dealkylation sites (tertiary alicyclic amines) is 1. The number of halogens is 1. The molecule has 0 saturated carbocycles. The molecule has 3 rings (SSSR count). The molecule has 1 amide bonds. The monoisotopic (exact) mass is 417 g/mol. The van der Waals surface area contributed by atoms with Crippen LogP contribution in [0.25, 0.3) is 0 Å². The lowest BCUT2D eigenvalue weighted by Gasteiger charge is -2.23. The predicted octanol–water partition coefficient (Wildman–Crippen LogP) is 4.11. The van der Waals surface area contributed by atoms with Crippen LogP contribution in [0.3, 0.4) is 0 Å². The van der Waals surface area contributed by atoms with Crippen molar-refractivity contribution < 1.29 is 14.3 Å². The Kier molecular flexibility index (Phi) is 7.36. The van der Waals surface area contributed by atoms with E-state index in [2.05, 4.69) is 22.2 Å². The summed E-state index contributed by atoms with van der Waals surface area (Å²) in [6, 6.07) is 12.9. The van der Waals surface area contributed by atoms with E-state index in [9.17, 15) is 4.79 Å². The first-order chi connectivity index (χ1) is 13.9. The molecular weight excluding hydrogens is 390 g/mol. The number of nitrogens with one attached hydrogen (secondary N) is 1. The van der Waals surface area contributed by atoms with Gasteiger partial charge in [-0.15, -0.1) is 0 Å². The number of carbonyl (C=O) groups is 1. The molecule has 0 radical (unpaired) electrons. The first-order valence-electron chi connectivity index (χ1n) is 9.83. The first kappa shape index (κ1) is 21.4. The molecule has 1 aliphatic rings. The summed E-state index contributed by atoms with van der Waals surface area (Å²) in [4.78, 5) is 17.0. The highest BCUT2D eigenvalue weighted by molar-refractivity contribution is 6.31. The van der Waals surface area contributed by atoms with Gasteiger partial charge in [0, 0.05) is 17.6 Å². The van der Waals surface area contributed by atoms with Gasteiger partial charge < -0.3 is 19.7 Å². The third kappa shape index (κ3) is 6.10. The number of ether oxygens (including phenoxy) is 2. The molecule has 0 aromatic heterocycles. The van der Waals surface area contributed by atoms with Crippen molar-refractivity contribution in [3.8, 4) is 17.2 Å². The Morgan fingerprint density at radius 2 is 1.97 bits per heavy atom. The molecule has 1 fully saturated rings. The normalized spacial score (nSPS) is 16.8. The number of carbonyl (C=O) groups excluding carboxylic acids is 1. The summed E-state index contributed by atoms with van der Waals surface area (Å²) < 4.78 is 11.4. The zero-order chi connectivity index (χ0) is 20.8. The minimum absolute atomic E-state index is 0.0964. The molecule has 1 saturated heterocycles. The van der Waals surface area contributed by atoms with Crippen LogP contribution in [0.15, 0.2) is 42.5 Å². The van der Waals surface area contributed by atoms with E-state index in [-0.39, 0.29) is 5.91 Å². The second-order valence-corrected chi connectivity index (χ2v) is 7.75. The van der Waals surface area contributed by atoms with Crippen LogP contribution >= 0.6 is 11.6 Å². The second-order valence-electron chi connectivity index (χ2n) is 7.31. The van der Waals surface area contributed by atoms with E-state index in [0.717, 1.165) is 25.3 Å². The van der Waals surface area contributed by atoms with Gasteiger partial charge in [-0.3, -0.25) is 9.69 Å². The number of likely N-dealkylation sites (N-methyl/N-ethyl adjacent to an activating group) is 2. The molecule has 1 atom stereocenters.